The van der Waals surface area contributed by atoms with Crippen molar-refractivity contribution in [3.8, 4) is 11.5 Å². The van der Waals surface area contributed by atoms with Gasteiger partial charge in [-0.15, -0.1) is 0 Å². The molecule has 0 saturated carbocycles. The molecule has 0 fully saturated rings. The highest BCUT2D eigenvalue weighted by molar-refractivity contribution is 6.33. The third-order valence-electron chi connectivity index (χ3n) is 2.58. The van der Waals surface area contributed by atoms with Crippen molar-refractivity contribution in [2.45, 2.75) is 0 Å². The van der Waals surface area contributed by atoms with Crippen LogP contribution >= 0.6 is 11.6 Å². The first-order valence-corrected chi connectivity index (χ1v) is 6.28. The minimum absolute atomic E-state index is 0.0268. The quantitative estimate of drug-likeness (QED) is 0.662. The van der Waals surface area contributed by atoms with E-state index in [1.54, 1.807) is 19.2 Å². The number of hydrazone groups is 1. The normalized spacial score (nSPS) is 10.8. The van der Waals surface area contributed by atoms with Crippen molar-refractivity contribution >= 4 is 23.7 Å². The van der Waals surface area contributed by atoms with Gasteiger partial charge in [-0.1, -0.05) is 11.6 Å². The van der Waals surface area contributed by atoms with Gasteiger partial charge in [-0.05, 0) is 23.8 Å². The number of aryl methyl sites for hydroxylation is 1. The standard InChI is InChI=1S/C13H13ClN4O3/c1-18-7-9(14)12(17-18)13(20)16-15-6-8-3-4-10(19)11(5-8)21-2/h3-7,19H,1-2H3,(H,16,20)/b15-6-. The topological polar surface area (TPSA) is 88.7 Å². The molecule has 2 N–H and O–H groups in total. The van der Waals surface area contributed by atoms with Crippen LogP contribution in [0.5, 0.6) is 11.5 Å². The number of nitrogens with one attached hydrogen (secondary N) is 1. The first-order chi connectivity index (χ1) is 10.0. The zero-order valence-electron chi connectivity index (χ0n) is 11.4. The minimum Gasteiger partial charge on any atom is -0.504 e. The lowest BCUT2D eigenvalue weighted by molar-refractivity contribution is 0.0949. The van der Waals surface area contributed by atoms with E-state index < -0.39 is 5.91 Å². The molecular weight excluding hydrogens is 296 g/mol. The van der Waals surface area contributed by atoms with Crippen LogP contribution < -0.4 is 10.2 Å². The van der Waals surface area contributed by atoms with E-state index in [-0.39, 0.29) is 16.5 Å². The van der Waals surface area contributed by atoms with Crippen molar-refractivity contribution in [1.29, 1.82) is 0 Å². The summed E-state index contributed by atoms with van der Waals surface area (Å²) >= 11 is 5.85. The summed E-state index contributed by atoms with van der Waals surface area (Å²) in [6, 6.07) is 4.68. The predicted octanol–water partition coefficient (Wildman–Crippen LogP) is 1.55. The maximum absolute atomic E-state index is 11.8. The number of carbonyl (C=O) groups is 1. The molecule has 1 heterocycles. The largest absolute Gasteiger partial charge is 0.504 e. The van der Waals surface area contributed by atoms with Gasteiger partial charge in [-0.3, -0.25) is 9.48 Å². The molecule has 7 nitrogen and oxygen atoms in total. The molecule has 0 unspecified atom stereocenters. The molecule has 0 saturated heterocycles. The number of phenols is 1. The molecule has 0 radical (unpaired) electrons. The van der Waals surface area contributed by atoms with E-state index >= 15 is 0 Å². The molecule has 2 aromatic rings. The fourth-order valence-corrected chi connectivity index (χ4v) is 1.87. The summed E-state index contributed by atoms with van der Waals surface area (Å²) in [4.78, 5) is 11.8. The first-order valence-electron chi connectivity index (χ1n) is 5.91. The van der Waals surface area contributed by atoms with Crippen molar-refractivity contribution in [1.82, 2.24) is 15.2 Å². The Morgan fingerprint density at radius 3 is 2.95 bits per heavy atom. The Morgan fingerprint density at radius 2 is 2.33 bits per heavy atom. The van der Waals surface area contributed by atoms with E-state index in [0.29, 0.717) is 11.3 Å². The maximum Gasteiger partial charge on any atom is 0.293 e. The van der Waals surface area contributed by atoms with Crippen LogP contribution in [-0.4, -0.2) is 34.1 Å². The van der Waals surface area contributed by atoms with Crippen LogP contribution in [0.2, 0.25) is 5.02 Å². The van der Waals surface area contributed by atoms with Gasteiger partial charge in [0.25, 0.3) is 5.91 Å². The molecule has 1 aromatic heterocycles. The molecule has 110 valence electrons. The van der Waals surface area contributed by atoms with Crippen LogP contribution in [0.1, 0.15) is 16.1 Å². The van der Waals surface area contributed by atoms with Crippen molar-refractivity contribution in [3.05, 3.63) is 40.7 Å². The molecule has 21 heavy (non-hydrogen) atoms. The lowest BCUT2D eigenvalue weighted by atomic mass is 10.2. The number of amides is 1. The highest BCUT2D eigenvalue weighted by Gasteiger charge is 2.13. The van der Waals surface area contributed by atoms with E-state index in [1.165, 1.54) is 30.3 Å². The molecule has 1 aromatic carbocycles. The van der Waals surface area contributed by atoms with E-state index in [1.807, 2.05) is 0 Å². The second kappa shape index (κ2) is 6.27. The van der Waals surface area contributed by atoms with Gasteiger partial charge < -0.3 is 9.84 Å². The Hall–Kier alpha value is -2.54. The Labute approximate surface area is 125 Å². The molecule has 0 aliphatic carbocycles. The number of rotatable bonds is 4. The Morgan fingerprint density at radius 1 is 1.57 bits per heavy atom. The van der Waals surface area contributed by atoms with Gasteiger partial charge in [0, 0.05) is 13.2 Å². The second-order valence-corrected chi connectivity index (χ2v) is 4.54. The van der Waals surface area contributed by atoms with E-state index in [2.05, 4.69) is 15.6 Å². The van der Waals surface area contributed by atoms with Crippen molar-refractivity contribution in [3.63, 3.8) is 0 Å². The molecule has 0 atom stereocenters. The Kier molecular flexibility index (Phi) is 4.44. The van der Waals surface area contributed by atoms with Crippen LogP contribution in [0, 0.1) is 0 Å². The van der Waals surface area contributed by atoms with E-state index in [4.69, 9.17) is 16.3 Å². The molecule has 8 heteroatoms. The number of ether oxygens (including phenoxy) is 1. The SMILES string of the molecule is COc1cc(/C=N\NC(=O)c2nn(C)cc2Cl)ccc1O. The number of halogens is 1. The summed E-state index contributed by atoms with van der Waals surface area (Å²) in [6.45, 7) is 0. The smallest absolute Gasteiger partial charge is 0.293 e. The fourth-order valence-electron chi connectivity index (χ4n) is 1.61. The van der Waals surface area contributed by atoms with Gasteiger partial charge in [0.2, 0.25) is 0 Å². The number of phenolic OH excluding ortho intramolecular Hbond substituents is 1. The third kappa shape index (κ3) is 3.51. The molecule has 1 amide bonds. The number of benzene rings is 1. The lowest BCUT2D eigenvalue weighted by Crippen LogP contribution is -2.18. The Bertz CT molecular complexity index is 697. The van der Waals surface area contributed by atoms with Crippen molar-refractivity contribution < 1.29 is 14.6 Å². The summed E-state index contributed by atoms with van der Waals surface area (Å²) in [5, 5.41) is 17.4. The van der Waals surface area contributed by atoms with Crippen molar-refractivity contribution in [2.24, 2.45) is 12.1 Å². The van der Waals surface area contributed by atoms with Crippen LogP contribution in [-0.2, 0) is 7.05 Å². The fraction of sp³-hybridized carbons (Fsp3) is 0.154. The number of nitrogens with zero attached hydrogens (tertiary/aromatic N) is 3. The summed E-state index contributed by atoms with van der Waals surface area (Å²) < 4.78 is 6.41. The highest BCUT2D eigenvalue weighted by atomic mass is 35.5. The minimum atomic E-state index is -0.511. The van der Waals surface area contributed by atoms with Crippen LogP contribution in [0.4, 0.5) is 0 Å². The molecule has 0 bridgehead atoms. The number of carbonyl (C=O) groups excluding carboxylic acids is 1. The van der Waals surface area contributed by atoms with Crippen LogP contribution in [0.3, 0.4) is 0 Å². The average Bonchev–Trinajstić information content (AvgIpc) is 2.79. The van der Waals surface area contributed by atoms with Crippen molar-refractivity contribution in [2.75, 3.05) is 7.11 Å². The average molecular weight is 309 g/mol. The predicted molar refractivity (Wildman–Crippen MR) is 77.9 cm³/mol. The highest BCUT2D eigenvalue weighted by Crippen LogP contribution is 2.25. The number of methoxy groups -OCH3 is 1. The number of hydrogen-bond donors (Lipinski definition) is 2. The van der Waals surface area contributed by atoms with Crippen LogP contribution in [0.25, 0.3) is 0 Å². The zero-order chi connectivity index (χ0) is 15.4. The maximum atomic E-state index is 11.8. The van der Waals surface area contributed by atoms with Gasteiger partial charge in [0.15, 0.2) is 17.2 Å². The summed E-state index contributed by atoms with van der Waals surface area (Å²) in [5.41, 5.74) is 3.07. The summed E-state index contributed by atoms with van der Waals surface area (Å²) in [7, 11) is 3.11. The number of aromatic hydroxyl groups is 1. The van der Waals surface area contributed by atoms with Gasteiger partial charge in [0.1, 0.15) is 0 Å². The van der Waals surface area contributed by atoms with Crippen LogP contribution in [0.15, 0.2) is 29.5 Å². The second-order valence-electron chi connectivity index (χ2n) is 4.13. The summed E-state index contributed by atoms with van der Waals surface area (Å²) in [5.74, 6) is -0.167. The number of hydrogen-bond acceptors (Lipinski definition) is 5. The molecule has 0 aliphatic rings. The molecule has 0 spiro atoms. The first kappa shape index (κ1) is 14.9. The monoisotopic (exact) mass is 308 g/mol. The lowest BCUT2D eigenvalue weighted by Gasteiger charge is -2.03. The van der Waals surface area contributed by atoms with Gasteiger partial charge in [-0.2, -0.15) is 10.2 Å². The van der Waals surface area contributed by atoms with Gasteiger partial charge in [0.05, 0.1) is 18.3 Å². The molecule has 0 aliphatic heterocycles. The number of aromatic nitrogens is 2. The summed E-state index contributed by atoms with van der Waals surface area (Å²) in [6.07, 6.45) is 2.93. The molecular formula is C13H13ClN4O3. The van der Waals surface area contributed by atoms with Gasteiger partial charge >= 0.3 is 0 Å². The third-order valence-corrected chi connectivity index (χ3v) is 2.86. The zero-order valence-corrected chi connectivity index (χ0v) is 12.1. The van der Waals surface area contributed by atoms with E-state index in [9.17, 15) is 9.90 Å². The Balaban J connectivity index is 2.05. The van der Waals surface area contributed by atoms with E-state index in [0.717, 1.165) is 0 Å². The van der Waals surface area contributed by atoms with Gasteiger partial charge in [-0.25, -0.2) is 5.43 Å². The molecule has 2 rings (SSSR count).